The fourth-order valence-corrected chi connectivity index (χ4v) is 4.79. The summed E-state index contributed by atoms with van der Waals surface area (Å²) in [6, 6.07) is 12.9. The standard InChI is InChI=1S/C23H34O3SSi/c1-23(2,3)28(4,5)25-17-18-10-8-11-19(16-18)22(20-12-9-15-27-20)26-21-13-6-7-14-24-21/h8-12,15-16,21-22H,6-7,13-14,17H2,1-5H3. The molecule has 3 nitrogen and oxygen atoms in total. The van der Waals surface area contributed by atoms with Crippen LogP contribution in [0.3, 0.4) is 0 Å². The molecule has 1 aliphatic heterocycles. The van der Waals surface area contributed by atoms with Gasteiger partial charge in [0.25, 0.3) is 0 Å². The third kappa shape index (κ3) is 5.54. The van der Waals surface area contributed by atoms with Crippen molar-refractivity contribution in [3.63, 3.8) is 0 Å². The van der Waals surface area contributed by atoms with Gasteiger partial charge in [0.05, 0.1) is 6.61 Å². The lowest BCUT2D eigenvalue weighted by atomic mass is 10.0. The molecule has 2 aromatic rings. The number of rotatable bonds is 7. The van der Waals surface area contributed by atoms with Gasteiger partial charge < -0.3 is 13.9 Å². The summed E-state index contributed by atoms with van der Waals surface area (Å²) in [5, 5.41) is 2.32. The zero-order valence-corrected chi connectivity index (χ0v) is 19.7. The summed E-state index contributed by atoms with van der Waals surface area (Å²) < 4.78 is 18.7. The first kappa shape index (κ1) is 21.7. The first-order chi connectivity index (χ1) is 13.3. The predicted octanol–water partition coefficient (Wildman–Crippen LogP) is 6.90. The van der Waals surface area contributed by atoms with Gasteiger partial charge in [-0.1, -0.05) is 51.1 Å². The van der Waals surface area contributed by atoms with E-state index in [2.05, 4.69) is 75.6 Å². The smallest absolute Gasteiger partial charge is 0.192 e. The van der Waals surface area contributed by atoms with Crippen LogP contribution in [0.25, 0.3) is 0 Å². The van der Waals surface area contributed by atoms with Gasteiger partial charge in [0.1, 0.15) is 6.10 Å². The Balaban J connectivity index is 1.76. The van der Waals surface area contributed by atoms with E-state index < -0.39 is 8.32 Å². The van der Waals surface area contributed by atoms with Crippen molar-refractivity contribution in [3.8, 4) is 0 Å². The van der Waals surface area contributed by atoms with E-state index in [1.54, 1.807) is 11.3 Å². The molecule has 0 radical (unpaired) electrons. The highest BCUT2D eigenvalue weighted by atomic mass is 32.1. The molecule has 3 rings (SSSR count). The topological polar surface area (TPSA) is 27.7 Å². The fourth-order valence-electron chi connectivity index (χ4n) is 3.05. The van der Waals surface area contributed by atoms with Crippen molar-refractivity contribution < 1.29 is 13.9 Å². The maximum absolute atomic E-state index is 6.43. The van der Waals surface area contributed by atoms with Crippen LogP contribution in [0.15, 0.2) is 41.8 Å². The van der Waals surface area contributed by atoms with Gasteiger partial charge in [-0.3, -0.25) is 0 Å². The Morgan fingerprint density at radius 1 is 1.18 bits per heavy atom. The van der Waals surface area contributed by atoms with Crippen molar-refractivity contribution in [2.45, 2.75) is 77.2 Å². The summed E-state index contributed by atoms with van der Waals surface area (Å²) >= 11 is 1.74. The lowest BCUT2D eigenvalue weighted by Gasteiger charge is -2.36. The van der Waals surface area contributed by atoms with E-state index in [4.69, 9.17) is 13.9 Å². The SMILES string of the molecule is CC(C)(C)[Si](C)(C)OCc1cccc(C(OC2CCCCO2)c2cccs2)c1. The maximum atomic E-state index is 6.43. The summed E-state index contributed by atoms with van der Waals surface area (Å²) in [6.07, 6.45) is 3.06. The monoisotopic (exact) mass is 418 g/mol. The van der Waals surface area contributed by atoms with E-state index in [0.29, 0.717) is 6.61 Å². The molecule has 0 saturated carbocycles. The summed E-state index contributed by atoms with van der Waals surface area (Å²) in [6.45, 7) is 12.9. The first-order valence-corrected chi connectivity index (χ1v) is 14.1. The van der Waals surface area contributed by atoms with E-state index in [-0.39, 0.29) is 17.4 Å². The van der Waals surface area contributed by atoms with E-state index in [1.807, 2.05) is 0 Å². The van der Waals surface area contributed by atoms with Crippen LogP contribution >= 0.6 is 11.3 Å². The van der Waals surface area contributed by atoms with Crippen LogP contribution < -0.4 is 0 Å². The molecule has 1 aliphatic rings. The molecule has 0 amide bonds. The molecule has 0 bridgehead atoms. The Kier molecular flexibility index (Phi) is 7.15. The fraction of sp³-hybridized carbons (Fsp3) is 0.565. The third-order valence-electron chi connectivity index (χ3n) is 5.89. The molecule has 2 unspecified atom stereocenters. The van der Waals surface area contributed by atoms with Gasteiger partial charge in [-0.05, 0) is 60.0 Å². The molecule has 1 aromatic heterocycles. The lowest BCUT2D eigenvalue weighted by molar-refractivity contribution is -0.180. The third-order valence-corrected chi connectivity index (χ3v) is 11.3. The second kappa shape index (κ2) is 9.22. The number of benzene rings is 1. The van der Waals surface area contributed by atoms with Crippen LogP contribution in [0.1, 0.15) is 62.1 Å². The zero-order valence-electron chi connectivity index (χ0n) is 17.9. The molecule has 2 atom stereocenters. The Bertz CT molecular complexity index is 731. The van der Waals surface area contributed by atoms with Crippen LogP contribution in [-0.4, -0.2) is 21.2 Å². The van der Waals surface area contributed by atoms with Crippen LogP contribution in [0, 0.1) is 0 Å². The first-order valence-electron chi connectivity index (χ1n) is 10.3. The Hall–Kier alpha value is -0.983. The second-order valence-electron chi connectivity index (χ2n) is 9.12. The van der Waals surface area contributed by atoms with Crippen molar-refractivity contribution in [1.82, 2.24) is 0 Å². The van der Waals surface area contributed by atoms with Crippen LogP contribution in [0.5, 0.6) is 0 Å². The summed E-state index contributed by atoms with van der Waals surface area (Å²) in [7, 11) is -1.77. The minimum Gasteiger partial charge on any atom is -0.413 e. The van der Waals surface area contributed by atoms with Crippen molar-refractivity contribution >= 4 is 19.7 Å². The van der Waals surface area contributed by atoms with E-state index in [9.17, 15) is 0 Å². The van der Waals surface area contributed by atoms with Gasteiger partial charge in [-0.2, -0.15) is 0 Å². The quantitative estimate of drug-likeness (QED) is 0.458. The van der Waals surface area contributed by atoms with E-state index in [0.717, 1.165) is 19.4 Å². The van der Waals surface area contributed by atoms with Crippen molar-refractivity contribution in [2.75, 3.05) is 6.61 Å². The van der Waals surface area contributed by atoms with Gasteiger partial charge in [0.2, 0.25) is 0 Å². The number of hydrogen-bond donors (Lipinski definition) is 0. The molecule has 0 N–H and O–H groups in total. The molecule has 5 heteroatoms. The van der Waals surface area contributed by atoms with Crippen LogP contribution in [0.2, 0.25) is 18.1 Å². The number of hydrogen-bond acceptors (Lipinski definition) is 4. The van der Waals surface area contributed by atoms with Crippen molar-refractivity contribution in [2.24, 2.45) is 0 Å². The molecule has 1 saturated heterocycles. The van der Waals surface area contributed by atoms with Crippen LogP contribution in [-0.2, 0) is 20.5 Å². The zero-order chi connectivity index (χ0) is 20.2. The van der Waals surface area contributed by atoms with Crippen molar-refractivity contribution in [1.29, 1.82) is 0 Å². The van der Waals surface area contributed by atoms with Gasteiger partial charge in [0, 0.05) is 11.5 Å². The molecule has 0 spiro atoms. The average Bonchev–Trinajstić information content (AvgIpc) is 3.19. The molecule has 1 fully saturated rings. The Morgan fingerprint density at radius 3 is 2.64 bits per heavy atom. The largest absolute Gasteiger partial charge is 0.413 e. The summed E-state index contributed by atoms with van der Waals surface area (Å²) in [4.78, 5) is 1.22. The highest BCUT2D eigenvalue weighted by Crippen LogP contribution is 2.37. The van der Waals surface area contributed by atoms with Crippen LogP contribution in [0.4, 0.5) is 0 Å². The van der Waals surface area contributed by atoms with Crippen molar-refractivity contribution in [3.05, 3.63) is 57.8 Å². The molecule has 1 aromatic carbocycles. The molecule has 28 heavy (non-hydrogen) atoms. The predicted molar refractivity (Wildman–Crippen MR) is 119 cm³/mol. The second-order valence-corrected chi connectivity index (χ2v) is 14.9. The highest BCUT2D eigenvalue weighted by molar-refractivity contribution is 7.10. The maximum Gasteiger partial charge on any atom is 0.192 e. The van der Waals surface area contributed by atoms with Gasteiger partial charge in [0.15, 0.2) is 14.6 Å². The normalized spacial score (nSPS) is 19.5. The molecule has 154 valence electrons. The Morgan fingerprint density at radius 2 is 2.00 bits per heavy atom. The van der Waals surface area contributed by atoms with E-state index in [1.165, 1.54) is 22.4 Å². The summed E-state index contributed by atoms with van der Waals surface area (Å²) in [5.41, 5.74) is 2.38. The van der Waals surface area contributed by atoms with E-state index >= 15 is 0 Å². The molecule has 0 aliphatic carbocycles. The van der Waals surface area contributed by atoms with Gasteiger partial charge in [-0.15, -0.1) is 11.3 Å². The molecular formula is C23H34O3SSi. The minimum absolute atomic E-state index is 0.0871. The minimum atomic E-state index is -1.77. The number of thiophene rings is 1. The highest BCUT2D eigenvalue weighted by Gasteiger charge is 2.37. The summed E-state index contributed by atoms with van der Waals surface area (Å²) in [5.74, 6) is 0. The Labute approximate surface area is 175 Å². The average molecular weight is 419 g/mol. The number of ether oxygens (including phenoxy) is 2. The molecule has 2 heterocycles. The molecular weight excluding hydrogens is 384 g/mol. The lowest BCUT2D eigenvalue weighted by Crippen LogP contribution is -2.40. The van der Waals surface area contributed by atoms with Gasteiger partial charge in [-0.25, -0.2) is 0 Å². The van der Waals surface area contributed by atoms with Gasteiger partial charge >= 0.3 is 0 Å².